The molecule has 140 valence electrons. The lowest BCUT2D eigenvalue weighted by Gasteiger charge is -2.38. The number of hydrogen-bond donors (Lipinski definition) is 0. The van der Waals surface area contributed by atoms with Crippen molar-refractivity contribution in [3.05, 3.63) is 27.6 Å². The second-order valence-electron chi connectivity index (χ2n) is 7.79. The monoisotopic (exact) mass is 375 g/mol. The maximum Gasteiger partial charge on any atom is 0.223 e. The van der Waals surface area contributed by atoms with E-state index in [0.29, 0.717) is 13.0 Å². The molecule has 4 rings (SSSR count). The molecule has 2 saturated heterocycles. The number of amides is 1. The first-order valence-corrected chi connectivity index (χ1v) is 9.93. The van der Waals surface area contributed by atoms with E-state index in [1.807, 2.05) is 25.7 Å². The highest BCUT2D eigenvalue weighted by atomic mass is 32.1. The molecule has 2 fully saturated rings. The summed E-state index contributed by atoms with van der Waals surface area (Å²) in [5.41, 5.74) is 3.12. The van der Waals surface area contributed by atoms with Gasteiger partial charge in [0, 0.05) is 25.1 Å². The van der Waals surface area contributed by atoms with Crippen LogP contribution >= 0.6 is 11.5 Å². The molecule has 1 amide bonds. The Balaban J connectivity index is 1.37. The number of hydrogen-bond acceptors (Lipinski definition) is 7. The Morgan fingerprint density at radius 2 is 1.92 bits per heavy atom. The van der Waals surface area contributed by atoms with E-state index in [9.17, 15) is 4.79 Å². The van der Waals surface area contributed by atoms with Crippen molar-refractivity contribution in [3.63, 3.8) is 0 Å². The van der Waals surface area contributed by atoms with Gasteiger partial charge in [-0.3, -0.25) is 9.69 Å². The zero-order chi connectivity index (χ0) is 18.3. The van der Waals surface area contributed by atoms with Crippen molar-refractivity contribution in [2.45, 2.75) is 53.1 Å². The highest BCUT2D eigenvalue weighted by Crippen LogP contribution is 2.42. The Hall–Kier alpha value is -1.80. The molecule has 2 aromatic rings. The lowest BCUT2D eigenvalue weighted by atomic mass is 9.77. The van der Waals surface area contributed by atoms with E-state index < -0.39 is 0 Å². The molecule has 7 nitrogen and oxygen atoms in total. The van der Waals surface area contributed by atoms with Gasteiger partial charge >= 0.3 is 0 Å². The molecule has 0 radical (unpaired) electrons. The molecule has 2 aliphatic rings. The Morgan fingerprint density at radius 1 is 1.15 bits per heavy atom. The lowest BCUT2D eigenvalue weighted by molar-refractivity contribution is -0.128. The summed E-state index contributed by atoms with van der Waals surface area (Å²) in [6.07, 6.45) is 2.82. The van der Waals surface area contributed by atoms with Gasteiger partial charge in [0.2, 0.25) is 5.91 Å². The third kappa shape index (κ3) is 3.27. The van der Waals surface area contributed by atoms with Crippen LogP contribution in [0.5, 0.6) is 0 Å². The van der Waals surface area contributed by atoms with E-state index in [4.69, 9.17) is 4.52 Å². The van der Waals surface area contributed by atoms with Crippen molar-refractivity contribution < 1.29 is 9.32 Å². The van der Waals surface area contributed by atoms with E-state index in [1.54, 1.807) is 0 Å². The first-order valence-electron chi connectivity index (χ1n) is 9.15. The van der Waals surface area contributed by atoms with Crippen LogP contribution in [0.15, 0.2) is 4.52 Å². The van der Waals surface area contributed by atoms with Gasteiger partial charge in [-0.1, -0.05) is 9.64 Å². The second kappa shape index (κ2) is 6.74. The normalized spacial score (nSPS) is 20.4. The van der Waals surface area contributed by atoms with Crippen LogP contribution in [0.25, 0.3) is 0 Å². The summed E-state index contributed by atoms with van der Waals surface area (Å²) >= 11 is 1.49. The first kappa shape index (κ1) is 17.6. The average molecular weight is 375 g/mol. The number of carbonyl (C=O) groups excluding carboxylic acids is 1. The molecular formula is C18H25N5O2S. The van der Waals surface area contributed by atoms with E-state index >= 15 is 0 Å². The zero-order valence-corrected chi connectivity index (χ0v) is 16.4. The molecular weight excluding hydrogens is 350 g/mol. The van der Waals surface area contributed by atoms with Crippen molar-refractivity contribution in [1.29, 1.82) is 0 Å². The Kier molecular flexibility index (Phi) is 4.56. The highest BCUT2D eigenvalue weighted by molar-refractivity contribution is 7.05. The molecule has 8 heteroatoms. The van der Waals surface area contributed by atoms with Crippen LogP contribution in [0.2, 0.25) is 0 Å². The number of likely N-dealkylation sites (tertiary alicyclic amines) is 2. The van der Waals surface area contributed by atoms with Gasteiger partial charge in [-0.05, 0) is 63.6 Å². The van der Waals surface area contributed by atoms with E-state index in [2.05, 4.69) is 19.6 Å². The number of rotatable bonds is 4. The number of carbonyl (C=O) groups is 1. The molecule has 0 N–H and O–H groups in total. The highest BCUT2D eigenvalue weighted by Gasteiger charge is 2.45. The summed E-state index contributed by atoms with van der Waals surface area (Å²) < 4.78 is 9.28. The molecule has 4 heterocycles. The van der Waals surface area contributed by atoms with Gasteiger partial charge < -0.3 is 9.42 Å². The number of nitrogens with zero attached hydrogens (tertiary/aromatic N) is 5. The predicted molar refractivity (Wildman–Crippen MR) is 97.6 cm³/mol. The Morgan fingerprint density at radius 3 is 2.54 bits per heavy atom. The quantitative estimate of drug-likeness (QED) is 0.817. The molecule has 0 bridgehead atoms. The summed E-state index contributed by atoms with van der Waals surface area (Å²) in [6.45, 7) is 10.3. The smallest absolute Gasteiger partial charge is 0.223 e. The van der Waals surface area contributed by atoms with Gasteiger partial charge in [0.15, 0.2) is 0 Å². The molecule has 0 aromatic carbocycles. The SMILES string of the molecule is Cc1nnsc1CN1CCC2(CC1)CC(=O)N(Cc1c(C)noc1C)C2. The Labute approximate surface area is 157 Å². The van der Waals surface area contributed by atoms with Gasteiger partial charge in [-0.2, -0.15) is 0 Å². The predicted octanol–water partition coefficient (Wildman–Crippen LogP) is 2.47. The van der Waals surface area contributed by atoms with Gasteiger partial charge in [0.1, 0.15) is 5.76 Å². The van der Waals surface area contributed by atoms with Crippen molar-refractivity contribution in [2.75, 3.05) is 19.6 Å². The molecule has 2 aromatic heterocycles. The number of aryl methyl sites for hydroxylation is 3. The first-order chi connectivity index (χ1) is 12.5. The van der Waals surface area contributed by atoms with E-state index in [0.717, 1.165) is 61.7 Å². The minimum atomic E-state index is 0.132. The standard InChI is InChI=1S/C18H25N5O2S/c1-12-15(14(3)25-20-12)9-23-11-18(8-17(23)24)4-6-22(7-5-18)10-16-13(2)19-21-26-16/h4-11H2,1-3H3. The third-order valence-electron chi connectivity index (χ3n) is 5.96. The fourth-order valence-corrected chi connectivity index (χ4v) is 4.84. The van der Waals surface area contributed by atoms with Crippen molar-refractivity contribution >= 4 is 17.4 Å². The van der Waals surface area contributed by atoms with Gasteiger partial charge in [-0.15, -0.1) is 5.10 Å². The molecule has 0 aliphatic carbocycles. The minimum absolute atomic E-state index is 0.132. The number of aromatic nitrogens is 3. The maximum atomic E-state index is 12.6. The summed E-state index contributed by atoms with van der Waals surface area (Å²) in [5, 5.41) is 8.11. The second-order valence-corrected chi connectivity index (χ2v) is 8.63. The van der Waals surface area contributed by atoms with Crippen LogP contribution in [-0.4, -0.2) is 50.1 Å². The van der Waals surface area contributed by atoms with Crippen LogP contribution in [0.4, 0.5) is 0 Å². The molecule has 26 heavy (non-hydrogen) atoms. The van der Waals surface area contributed by atoms with Crippen molar-refractivity contribution in [2.24, 2.45) is 5.41 Å². The molecule has 0 unspecified atom stereocenters. The fourth-order valence-electron chi connectivity index (χ4n) is 4.16. The minimum Gasteiger partial charge on any atom is -0.361 e. The van der Waals surface area contributed by atoms with Gasteiger partial charge in [-0.25, -0.2) is 0 Å². The molecule has 1 spiro atoms. The maximum absolute atomic E-state index is 12.6. The summed E-state index contributed by atoms with van der Waals surface area (Å²) in [7, 11) is 0. The van der Waals surface area contributed by atoms with Crippen molar-refractivity contribution in [1.82, 2.24) is 24.5 Å². The van der Waals surface area contributed by atoms with Crippen LogP contribution in [0, 0.1) is 26.2 Å². The van der Waals surface area contributed by atoms with E-state index in [1.165, 1.54) is 16.4 Å². The fraction of sp³-hybridized carbons (Fsp3) is 0.667. The van der Waals surface area contributed by atoms with Gasteiger partial charge in [0.25, 0.3) is 0 Å². The lowest BCUT2D eigenvalue weighted by Crippen LogP contribution is -2.41. The topological polar surface area (TPSA) is 75.4 Å². The molecule has 0 atom stereocenters. The number of piperidine rings is 1. The van der Waals surface area contributed by atoms with Crippen LogP contribution in [0.1, 0.15) is 46.9 Å². The van der Waals surface area contributed by atoms with Crippen LogP contribution in [-0.2, 0) is 17.9 Å². The Bertz CT molecular complexity index is 787. The summed E-state index contributed by atoms with van der Waals surface area (Å²) in [5.74, 6) is 1.08. The van der Waals surface area contributed by atoms with Crippen LogP contribution in [0.3, 0.4) is 0 Å². The zero-order valence-electron chi connectivity index (χ0n) is 15.6. The van der Waals surface area contributed by atoms with Crippen molar-refractivity contribution in [3.8, 4) is 0 Å². The average Bonchev–Trinajstić information content (AvgIpc) is 3.25. The van der Waals surface area contributed by atoms with E-state index in [-0.39, 0.29) is 11.3 Å². The third-order valence-corrected chi connectivity index (χ3v) is 6.77. The van der Waals surface area contributed by atoms with Gasteiger partial charge in [0.05, 0.1) is 22.8 Å². The van der Waals surface area contributed by atoms with Crippen LogP contribution < -0.4 is 0 Å². The summed E-state index contributed by atoms with van der Waals surface area (Å²) in [4.78, 5) is 18.3. The largest absolute Gasteiger partial charge is 0.361 e. The molecule has 2 aliphatic heterocycles. The summed E-state index contributed by atoms with van der Waals surface area (Å²) in [6, 6.07) is 0. The molecule has 0 saturated carbocycles.